The minimum atomic E-state index is -0.574. The molecular weight excluding hydrogens is 715 g/mol. The molecule has 3 heterocycles. The SMILES string of the molecule is Cl.N#CCCl.Nc1cc([N+](=O)[O-])ccc1O.O=[N+]([O-])c1ccc2oc(CCl)nc2c1.O=[N+]([O-])c1ccc2oc(CN3CCOCC3)nc2c1. The molecule has 49 heavy (non-hydrogen) atoms. The van der Waals surface area contributed by atoms with Crippen LogP contribution in [0.5, 0.6) is 5.75 Å². The second kappa shape index (κ2) is 19.5. The largest absolute Gasteiger partial charge is 0.506 e. The van der Waals surface area contributed by atoms with Crippen LogP contribution in [0.15, 0.2) is 63.4 Å². The number of rotatable bonds is 6. The number of nitrogens with zero attached hydrogens (tertiary/aromatic N) is 7. The summed E-state index contributed by atoms with van der Waals surface area (Å²) in [7, 11) is 0. The lowest BCUT2D eigenvalue weighted by Crippen LogP contribution is -2.35. The molecule has 0 atom stereocenters. The Kier molecular flexibility index (Phi) is 15.9. The summed E-state index contributed by atoms with van der Waals surface area (Å²) in [6.45, 7) is 3.72. The number of ether oxygens (including phenoxy) is 1. The number of fused-ring (bicyclic) bond motifs is 2. The number of hydrogen-bond acceptors (Lipinski definition) is 15. The first-order chi connectivity index (χ1) is 22.9. The van der Waals surface area contributed by atoms with E-state index in [9.17, 15) is 30.3 Å². The highest BCUT2D eigenvalue weighted by atomic mass is 35.5. The molecule has 2 aromatic heterocycles. The maximum atomic E-state index is 10.7. The van der Waals surface area contributed by atoms with Gasteiger partial charge in [-0.1, -0.05) is 0 Å². The molecule has 3 N–H and O–H groups in total. The summed E-state index contributed by atoms with van der Waals surface area (Å²) in [4.78, 5) is 40.2. The average molecular weight is 742 g/mol. The molecule has 1 fully saturated rings. The van der Waals surface area contributed by atoms with Gasteiger partial charge in [-0.25, -0.2) is 9.97 Å². The molecule has 0 radical (unpaired) electrons. The Morgan fingerprint density at radius 1 is 0.837 bits per heavy atom. The number of nitro benzene ring substituents is 3. The number of benzene rings is 3. The molecule has 6 rings (SSSR count). The van der Waals surface area contributed by atoms with Crippen molar-refractivity contribution in [1.29, 1.82) is 5.26 Å². The van der Waals surface area contributed by atoms with Gasteiger partial charge in [0.1, 0.15) is 22.7 Å². The number of halogens is 3. The highest BCUT2D eigenvalue weighted by Crippen LogP contribution is 2.25. The summed E-state index contributed by atoms with van der Waals surface area (Å²) in [5, 5.41) is 47.6. The number of anilines is 1. The summed E-state index contributed by atoms with van der Waals surface area (Å²) in [5.41, 5.74) is 7.17. The molecule has 0 unspecified atom stereocenters. The van der Waals surface area contributed by atoms with E-state index in [-0.39, 0.29) is 52.7 Å². The summed E-state index contributed by atoms with van der Waals surface area (Å²) < 4.78 is 16.0. The van der Waals surface area contributed by atoms with Crippen LogP contribution in [0, 0.1) is 41.7 Å². The zero-order valence-electron chi connectivity index (χ0n) is 25.1. The van der Waals surface area contributed by atoms with Crippen LogP contribution in [0.1, 0.15) is 11.8 Å². The van der Waals surface area contributed by atoms with Gasteiger partial charge in [-0.3, -0.25) is 35.2 Å². The van der Waals surface area contributed by atoms with Crippen molar-refractivity contribution >= 4 is 80.6 Å². The molecule has 0 amide bonds. The van der Waals surface area contributed by atoms with Crippen LogP contribution in [0.4, 0.5) is 22.7 Å². The first-order valence-electron chi connectivity index (χ1n) is 13.5. The smallest absolute Gasteiger partial charge is 0.271 e. The average Bonchev–Trinajstić information content (AvgIpc) is 3.69. The zero-order valence-corrected chi connectivity index (χ0v) is 27.5. The number of aromatic hydroxyl groups is 1. The van der Waals surface area contributed by atoms with Crippen LogP contribution in [0.2, 0.25) is 0 Å². The Labute approximate surface area is 292 Å². The number of nitrogen functional groups attached to an aromatic ring is 1. The van der Waals surface area contributed by atoms with Gasteiger partial charge >= 0.3 is 0 Å². The summed E-state index contributed by atoms with van der Waals surface area (Å²) in [5.74, 6) is 1.05. The third-order valence-electron chi connectivity index (χ3n) is 6.11. The molecule has 21 heteroatoms. The Morgan fingerprint density at radius 3 is 1.73 bits per heavy atom. The van der Waals surface area contributed by atoms with Crippen LogP contribution in [-0.2, 0) is 17.2 Å². The van der Waals surface area contributed by atoms with Crippen molar-refractivity contribution in [3.8, 4) is 11.8 Å². The van der Waals surface area contributed by atoms with Crippen molar-refractivity contribution in [3.05, 3.63) is 96.7 Å². The number of alkyl halides is 2. The maximum absolute atomic E-state index is 10.7. The van der Waals surface area contributed by atoms with Crippen molar-refractivity contribution in [2.24, 2.45) is 0 Å². The second-order valence-corrected chi connectivity index (χ2v) is 9.88. The number of nitro groups is 3. The molecule has 1 saturated heterocycles. The van der Waals surface area contributed by atoms with Crippen molar-refractivity contribution < 1.29 is 33.4 Å². The Balaban J connectivity index is 0.000000247. The predicted molar refractivity (Wildman–Crippen MR) is 180 cm³/mol. The highest BCUT2D eigenvalue weighted by Gasteiger charge is 2.16. The van der Waals surface area contributed by atoms with Gasteiger partial charge in [0.25, 0.3) is 17.1 Å². The normalized spacial score (nSPS) is 12.1. The molecule has 5 aromatic rings. The molecule has 0 bridgehead atoms. The molecule has 0 aliphatic carbocycles. The van der Waals surface area contributed by atoms with Crippen molar-refractivity contribution in [2.45, 2.75) is 12.4 Å². The van der Waals surface area contributed by atoms with Crippen molar-refractivity contribution in [3.63, 3.8) is 0 Å². The fourth-order valence-corrected chi connectivity index (χ4v) is 4.00. The predicted octanol–water partition coefficient (Wildman–Crippen LogP) is 6.10. The van der Waals surface area contributed by atoms with Gasteiger partial charge in [-0.2, -0.15) is 5.26 Å². The van der Waals surface area contributed by atoms with Crippen LogP contribution < -0.4 is 5.73 Å². The van der Waals surface area contributed by atoms with Crippen molar-refractivity contribution in [1.82, 2.24) is 14.9 Å². The Morgan fingerprint density at radius 2 is 1.29 bits per heavy atom. The van der Waals surface area contributed by atoms with Crippen LogP contribution in [0.3, 0.4) is 0 Å². The van der Waals surface area contributed by atoms with Crippen LogP contribution in [0.25, 0.3) is 22.2 Å². The second-order valence-electron chi connectivity index (χ2n) is 9.35. The first kappa shape index (κ1) is 39.9. The fourth-order valence-electron chi connectivity index (χ4n) is 3.89. The molecule has 3 aromatic carbocycles. The van der Waals surface area contributed by atoms with Crippen LogP contribution in [-0.4, -0.2) is 66.9 Å². The number of hydrogen-bond donors (Lipinski definition) is 2. The van der Waals surface area contributed by atoms with E-state index in [1.807, 2.05) is 0 Å². The Bertz CT molecular complexity index is 1930. The third kappa shape index (κ3) is 12.0. The van der Waals surface area contributed by atoms with E-state index < -0.39 is 14.8 Å². The lowest BCUT2D eigenvalue weighted by Gasteiger charge is -2.24. The number of nitriles is 1. The highest BCUT2D eigenvalue weighted by molar-refractivity contribution is 6.19. The lowest BCUT2D eigenvalue weighted by atomic mass is 10.2. The molecule has 0 saturated carbocycles. The van der Waals surface area contributed by atoms with Gasteiger partial charge in [0.15, 0.2) is 11.2 Å². The van der Waals surface area contributed by atoms with E-state index in [2.05, 4.69) is 14.9 Å². The number of aromatic nitrogens is 2. The zero-order chi connectivity index (χ0) is 35.2. The molecular formula is C28H27Cl3N8O10. The first-order valence-corrected chi connectivity index (χ1v) is 14.6. The van der Waals surface area contributed by atoms with E-state index in [0.29, 0.717) is 53.7 Å². The van der Waals surface area contributed by atoms with E-state index in [0.717, 1.165) is 19.2 Å². The Hall–Kier alpha value is -5.32. The molecule has 1 aliphatic heterocycles. The standard InChI is InChI=1S/C12H13N3O4.C8H5ClN2O3.C6H6N2O3.C2H2ClN.ClH/c16-15(17)9-1-2-11-10(7-9)13-12(19-11)8-14-3-5-18-6-4-14;9-4-8-10-6-3-5(11(12)13)1-2-7(6)14-8;7-5-3-4(8(10)11)1-2-6(5)9;3-1-2-4;/h1-2,7H,3-6,8H2;1-3H,4H2;1-3,9H,7H2;1H2;1H. The van der Waals surface area contributed by atoms with E-state index in [4.69, 9.17) is 52.9 Å². The van der Waals surface area contributed by atoms with Crippen LogP contribution >= 0.6 is 35.6 Å². The quantitative estimate of drug-likeness (QED) is 0.0655. The van der Waals surface area contributed by atoms with Gasteiger partial charge in [0.2, 0.25) is 11.8 Å². The molecule has 0 spiro atoms. The molecule has 1 aliphatic rings. The number of non-ortho nitro benzene ring substituents is 3. The maximum Gasteiger partial charge on any atom is 0.271 e. The number of morpholine rings is 1. The van der Waals surface area contributed by atoms with E-state index >= 15 is 0 Å². The van der Waals surface area contributed by atoms with Crippen molar-refractivity contribution in [2.75, 3.05) is 37.9 Å². The van der Waals surface area contributed by atoms with E-state index in [1.54, 1.807) is 12.1 Å². The monoisotopic (exact) mass is 740 g/mol. The van der Waals surface area contributed by atoms with E-state index in [1.165, 1.54) is 42.5 Å². The van der Waals surface area contributed by atoms with Gasteiger partial charge in [0.05, 0.1) is 52.2 Å². The summed E-state index contributed by atoms with van der Waals surface area (Å²) in [6, 6.07) is 13.9. The fraction of sp³-hybridized carbons (Fsp3) is 0.250. The topological polar surface area (TPSA) is 264 Å². The minimum absolute atomic E-state index is 0. The molecule has 18 nitrogen and oxygen atoms in total. The number of nitrogens with two attached hydrogens (primary N) is 1. The molecule has 260 valence electrons. The van der Waals surface area contributed by atoms with Gasteiger partial charge in [-0.05, 0) is 18.2 Å². The number of oxazole rings is 2. The van der Waals surface area contributed by atoms with Gasteiger partial charge in [-0.15, -0.1) is 35.6 Å². The third-order valence-corrected chi connectivity index (χ3v) is 6.46. The summed E-state index contributed by atoms with van der Waals surface area (Å²) in [6.07, 6.45) is 0. The lowest BCUT2D eigenvalue weighted by molar-refractivity contribution is -0.385. The number of phenolic OH excluding ortho intramolecular Hbond substituents is 1. The van der Waals surface area contributed by atoms with Gasteiger partial charge < -0.3 is 24.4 Å². The van der Waals surface area contributed by atoms with Gasteiger partial charge in [0, 0.05) is 49.5 Å². The minimum Gasteiger partial charge on any atom is -0.506 e. The number of phenols is 1. The summed E-state index contributed by atoms with van der Waals surface area (Å²) >= 11 is 10.3.